The summed E-state index contributed by atoms with van der Waals surface area (Å²) in [6.45, 7) is 2.72. The van der Waals surface area contributed by atoms with Gasteiger partial charge in [0.2, 0.25) is 0 Å². The van der Waals surface area contributed by atoms with E-state index >= 15 is 0 Å². The largest absolute Gasteiger partial charge is 0.493 e. The number of nitrogens with one attached hydrogen (secondary N) is 1. The van der Waals surface area contributed by atoms with E-state index < -0.39 is 0 Å². The van der Waals surface area contributed by atoms with Crippen LogP contribution in [0.25, 0.3) is 6.08 Å². The van der Waals surface area contributed by atoms with E-state index in [1.54, 1.807) is 6.08 Å². The summed E-state index contributed by atoms with van der Waals surface area (Å²) in [5.41, 5.74) is 2.10. The molecule has 0 radical (unpaired) electrons. The molecule has 0 aliphatic carbocycles. The van der Waals surface area contributed by atoms with Crippen LogP contribution >= 0.6 is 11.8 Å². The Morgan fingerprint density at radius 1 is 1.08 bits per heavy atom. The summed E-state index contributed by atoms with van der Waals surface area (Å²) in [6.07, 6.45) is 1.70. The molecule has 24 heavy (non-hydrogen) atoms. The Morgan fingerprint density at radius 3 is 2.42 bits per heavy atom. The lowest BCUT2D eigenvalue weighted by atomic mass is 10.0. The molecule has 1 saturated heterocycles. The fraction of sp³-hybridized carbons (Fsp3) is 0.158. The molecule has 4 nitrogen and oxygen atoms in total. The molecule has 5 heteroatoms. The fourth-order valence-electron chi connectivity index (χ4n) is 2.33. The summed E-state index contributed by atoms with van der Waals surface area (Å²) >= 11 is 0.915. The number of ether oxygens (including phenoxy) is 1. The van der Waals surface area contributed by atoms with Crippen molar-refractivity contribution >= 4 is 29.0 Å². The van der Waals surface area contributed by atoms with Crippen LogP contribution in [0.2, 0.25) is 0 Å². The lowest BCUT2D eigenvalue weighted by molar-refractivity contribution is -0.115. The first-order valence-corrected chi connectivity index (χ1v) is 8.46. The molecule has 2 amide bonds. The van der Waals surface area contributed by atoms with Gasteiger partial charge >= 0.3 is 0 Å². The zero-order valence-corrected chi connectivity index (χ0v) is 14.0. The highest BCUT2D eigenvalue weighted by molar-refractivity contribution is 8.18. The second kappa shape index (κ2) is 7.36. The molecule has 3 rings (SSSR count). The number of carbonyl (C=O) groups is 2. The highest BCUT2D eigenvalue weighted by atomic mass is 32.2. The Labute approximate surface area is 144 Å². The molecule has 1 aliphatic rings. The minimum Gasteiger partial charge on any atom is -0.493 e. The number of benzene rings is 2. The molecule has 1 heterocycles. The average Bonchev–Trinajstić information content (AvgIpc) is 2.92. The predicted molar refractivity (Wildman–Crippen MR) is 95.9 cm³/mol. The van der Waals surface area contributed by atoms with Gasteiger partial charge in [0, 0.05) is 5.92 Å². The van der Waals surface area contributed by atoms with E-state index in [4.69, 9.17) is 4.74 Å². The molecule has 0 bridgehead atoms. The minimum absolute atomic E-state index is 0.303. The topological polar surface area (TPSA) is 55.4 Å². The maximum Gasteiger partial charge on any atom is 0.290 e. The van der Waals surface area contributed by atoms with Gasteiger partial charge in [-0.2, -0.15) is 0 Å². The lowest BCUT2D eigenvalue weighted by Gasteiger charge is -2.13. The number of hydrogen-bond acceptors (Lipinski definition) is 4. The quantitative estimate of drug-likeness (QED) is 0.830. The molecule has 2 aromatic rings. The SMILES string of the molecule is CC(COc1ccc(C=C2SC(=O)NC2=O)cc1)c1ccccc1. The molecular formula is C19H17NO3S. The Hall–Kier alpha value is -2.53. The summed E-state index contributed by atoms with van der Waals surface area (Å²) in [4.78, 5) is 23.1. The van der Waals surface area contributed by atoms with E-state index in [-0.39, 0.29) is 11.1 Å². The predicted octanol–water partition coefficient (Wildman–Crippen LogP) is 4.19. The maximum absolute atomic E-state index is 11.5. The van der Waals surface area contributed by atoms with Gasteiger partial charge in [0.05, 0.1) is 11.5 Å². The molecule has 2 aromatic carbocycles. The van der Waals surface area contributed by atoms with Gasteiger partial charge in [-0.25, -0.2) is 0 Å². The Morgan fingerprint density at radius 2 is 1.79 bits per heavy atom. The number of hydrogen-bond donors (Lipinski definition) is 1. The molecule has 0 spiro atoms. The first-order valence-electron chi connectivity index (χ1n) is 7.64. The number of imide groups is 1. The normalized spacial score (nSPS) is 17.0. The summed E-state index contributed by atoms with van der Waals surface area (Å²) in [5.74, 6) is 0.735. The van der Waals surface area contributed by atoms with Crippen molar-refractivity contribution in [1.29, 1.82) is 0 Å². The van der Waals surface area contributed by atoms with Crippen LogP contribution in [-0.4, -0.2) is 17.8 Å². The van der Waals surface area contributed by atoms with Gasteiger partial charge in [0.1, 0.15) is 5.75 Å². The van der Waals surface area contributed by atoms with Crippen LogP contribution in [0.1, 0.15) is 24.0 Å². The summed E-state index contributed by atoms with van der Waals surface area (Å²) in [7, 11) is 0. The fourth-order valence-corrected chi connectivity index (χ4v) is 3.01. The van der Waals surface area contributed by atoms with Crippen LogP contribution in [0.15, 0.2) is 59.5 Å². The standard InChI is InChI=1S/C19H17NO3S/c1-13(15-5-3-2-4-6-15)12-23-16-9-7-14(8-10-16)11-17-18(21)20-19(22)24-17/h2-11,13H,12H2,1H3,(H,20,21,22). The van der Waals surface area contributed by atoms with Crippen LogP contribution in [-0.2, 0) is 4.79 Å². The molecular weight excluding hydrogens is 322 g/mol. The molecule has 122 valence electrons. The first kappa shape index (κ1) is 16.3. The second-order valence-electron chi connectivity index (χ2n) is 5.54. The van der Waals surface area contributed by atoms with Gasteiger partial charge in [-0.05, 0) is 41.1 Å². The van der Waals surface area contributed by atoms with Gasteiger partial charge in [-0.15, -0.1) is 0 Å². The van der Waals surface area contributed by atoms with Crippen molar-refractivity contribution < 1.29 is 14.3 Å². The Bertz CT molecular complexity index is 769. The van der Waals surface area contributed by atoms with Crippen molar-refractivity contribution in [2.45, 2.75) is 12.8 Å². The second-order valence-corrected chi connectivity index (χ2v) is 6.56. The number of carbonyl (C=O) groups excluding carboxylic acids is 2. The Balaban J connectivity index is 1.60. The third-order valence-electron chi connectivity index (χ3n) is 3.69. The van der Waals surface area contributed by atoms with E-state index in [1.807, 2.05) is 42.5 Å². The van der Waals surface area contributed by atoms with E-state index in [2.05, 4.69) is 24.4 Å². The monoisotopic (exact) mass is 339 g/mol. The summed E-state index contributed by atoms with van der Waals surface area (Å²) in [5, 5.41) is 1.91. The van der Waals surface area contributed by atoms with Crippen LogP contribution in [0.5, 0.6) is 5.75 Å². The third-order valence-corrected chi connectivity index (χ3v) is 4.50. The number of rotatable bonds is 5. The summed E-state index contributed by atoms with van der Waals surface area (Å²) < 4.78 is 5.83. The van der Waals surface area contributed by atoms with E-state index in [0.717, 1.165) is 23.1 Å². The van der Waals surface area contributed by atoms with Crippen molar-refractivity contribution in [3.05, 3.63) is 70.6 Å². The van der Waals surface area contributed by atoms with Crippen molar-refractivity contribution in [3.8, 4) is 5.75 Å². The number of amides is 2. The van der Waals surface area contributed by atoms with Gasteiger partial charge < -0.3 is 4.74 Å². The van der Waals surface area contributed by atoms with E-state index in [9.17, 15) is 9.59 Å². The average molecular weight is 339 g/mol. The van der Waals surface area contributed by atoms with Crippen LogP contribution in [0.4, 0.5) is 4.79 Å². The van der Waals surface area contributed by atoms with Crippen molar-refractivity contribution in [3.63, 3.8) is 0 Å². The molecule has 0 saturated carbocycles. The highest BCUT2D eigenvalue weighted by Crippen LogP contribution is 2.26. The molecule has 0 aromatic heterocycles. The highest BCUT2D eigenvalue weighted by Gasteiger charge is 2.24. The van der Waals surface area contributed by atoms with Crippen LogP contribution < -0.4 is 10.1 Å². The Kier molecular flexibility index (Phi) is 5.01. The number of thioether (sulfide) groups is 1. The third kappa shape index (κ3) is 4.06. The van der Waals surface area contributed by atoms with Gasteiger partial charge in [-0.3, -0.25) is 14.9 Å². The lowest BCUT2D eigenvalue weighted by Crippen LogP contribution is -2.17. The molecule has 1 N–H and O–H groups in total. The van der Waals surface area contributed by atoms with Gasteiger partial charge in [0.15, 0.2) is 0 Å². The van der Waals surface area contributed by atoms with Gasteiger partial charge in [0.25, 0.3) is 11.1 Å². The van der Waals surface area contributed by atoms with Gasteiger partial charge in [-0.1, -0.05) is 49.4 Å². The molecule has 1 atom stereocenters. The molecule has 1 aliphatic heterocycles. The first-order chi connectivity index (χ1) is 11.6. The molecule has 1 unspecified atom stereocenters. The zero-order valence-electron chi connectivity index (χ0n) is 13.2. The molecule has 1 fully saturated rings. The van der Waals surface area contributed by atoms with E-state index in [0.29, 0.717) is 17.4 Å². The van der Waals surface area contributed by atoms with Crippen molar-refractivity contribution in [2.75, 3.05) is 6.61 Å². The summed E-state index contributed by atoms with van der Waals surface area (Å²) in [6, 6.07) is 17.7. The zero-order chi connectivity index (χ0) is 16.9. The minimum atomic E-state index is -0.345. The maximum atomic E-state index is 11.5. The van der Waals surface area contributed by atoms with Crippen LogP contribution in [0.3, 0.4) is 0 Å². The van der Waals surface area contributed by atoms with Crippen molar-refractivity contribution in [1.82, 2.24) is 5.32 Å². The van der Waals surface area contributed by atoms with Crippen LogP contribution in [0, 0.1) is 0 Å². The van der Waals surface area contributed by atoms with Crippen molar-refractivity contribution in [2.24, 2.45) is 0 Å². The van der Waals surface area contributed by atoms with E-state index in [1.165, 1.54) is 5.56 Å². The smallest absolute Gasteiger partial charge is 0.290 e.